The summed E-state index contributed by atoms with van der Waals surface area (Å²) in [7, 11) is 0. The van der Waals surface area contributed by atoms with E-state index in [-0.39, 0.29) is 30.0 Å². The van der Waals surface area contributed by atoms with Crippen molar-refractivity contribution in [2.45, 2.75) is 43.3 Å². The van der Waals surface area contributed by atoms with E-state index in [2.05, 4.69) is 40.2 Å². The Morgan fingerprint density at radius 2 is 1.93 bits per heavy atom. The van der Waals surface area contributed by atoms with E-state index in [1.165, 1.54) is 24.0 Å². The number of likely N-dealkylation sites (tertiary alicyclic amines) is 2. The SMILES string of the molecule is O=C(CC1CC1)N1[C@H](CO)[C@@H](c2ccccc2)C12CN(Cc1cccnc1)C2. The topological polar surface area (TPSA) is 56.7 Å². The molecule has 1 spiro atoms. The standard InChI is InChI=1S/C23H27N3O2/c27-14-20-22(19-6-2-1-3-7-19)23(26(20)21(28)11-17-8-9-17)15-25(16-23)13-18-5-4-10-24-12-18/h1-7,10,12,17,20,22,27H,8-9,11,13-16H2/t20-,22-/m1/s1. The number of aliphatic hydroxyl groups excluding tert-OH is 1. The van der Waals surface area contributed by atoms with E-state index >= 15 is 0 Å². The lowest BCUT2D eigenvalue weighted by Crippen LogP contribution is -2.85. The van der Waals surface area contributed by atoms with Crippen molar-refractivity contribution in [3.05, 3.63) is 66.0 Å². The second-order valence-corrected chi connectivity index (χ2v) is 8.66. The van der Waals surface area contributed by atoms with Gasteiger partial charge in [0.2, 0.25) is 5.91 Å². The van der Waals surface area contributed by atoms with Crippen LogP contribution in [0.25, 0.3) is 0 Å². The molecule has 0 bridgehead atoms. The lowest BCUT2D eigenvalue weighted by atomic mass is 9.60. The van der Waals surface area contributed by atoms with Gasteiger partial charge in [0.25, 0.3) is 0 Å². The van der Waals surface area contributed by atoms with Crippen LogP contribution in [-0.2, 0) is 11.3 Å². The van der Waals surface area contributed by atoms with E-state index in [9.17, 15) is 9.90 Å². The molecule has 1 amide bonds. The number of nitrogens with zero attached hydrogens (tertiary/aromatic N) is 3. The van der Waals surface area contributed by atoms with Crippen molar-refractivity contribution in [2.24, 2.45) is 5.92 Å². The molecule has 146 valence electrons. The summed E-state index contributed by atoms with van der Waals surface area (Å²) in [5.41, 5.74) is 2.25. The van der Waals surface area contributed by atoms with E-state index in [1.54, 1.807) is 6.20 Å². The zero-order chi connectivity index (χ0) is 19.1. The Morgan fingerprint density at radius 3 is 2.57 bits per heavy atom. The van der Waals surface area contributed by atoms with Gasteiger partial charge in [-0.05, 0) is 36.0 Å². The molecule has 0 unspecified atom stereocenters. The minimum absolute atomic E-state index is 0.0281. The number of amides is 1. The van der Waals surface area contributed by atoms with Crippen LogP contribution in [0.1, 0.15) is 36.3 Å². The van der Waals surface area contributed by atoms with Gasteiger partial charge < -0.3 is 10.0 Å². The molecule has 1 aromatic heterocycles. The van der Waals surface area contributed by atoms with Crippen molar-refractivity contribution < 1.29 is 9.90 Å². The fraction of sp³-hybridized carbons (Fsp3) is 0.478. The van der Waals surface area contributed by atoms with Crippen molar-refractivity contribution in [2.75, 3.05) is 19.7 Å². The normalized spacial score (nSPS) is 26.0. The van der Waals surface area contributed by atoms with Gasteiger partial charge >= 0.3 is 0 Å². The van der Waals surface area contributed by atoms with Gasteiger partial charge in [-0.2, -0.15) is 0 Å². The first-order valence-corrected chi connectivity index (χ1v) is 10.3. The first kappa shape index (κ1) is 17.8. The van der Waals surface area contributed by atoms with Crippen LogP contribution in [0.2, 0.25) is 0 Å². The third-order valence-electron chi connectivity index (χ3n) is 6.67. The fourth-order valence-corrected chi connectivity index (χ4v) is 5.32. The maximum atomic E-state index is 13.1. The average Bonchev–Trinajstić information content (AvgIpc) is 3.48. The van der Waals surface area contributed by atoms with Crippen molar-refractivity contribution >= 4 is 5.91 Å². The number of aromatic nitrogens is 1. The number of hydrogen-bond donors (Lipinski definition) is 1. The van der Waals surface area contributed by atoms with Gasteiger partial charge in [-0.3, -0.25) is 14.7 Å². The Hall–Kier alpha value is -2.24. The zero-order valence-electron chi connectivity index (χ0n) is 16.1. The van der Waals surface area contributed by atoms with Crippen LogP contribution in [0.4, 0.5) is 0 Å². The highest BCUT2D eigenvalue weighted by molar-refractivity contribution is 5.80. The van der Waals surface area contributed by atoms with Crippen LogP contribution in [0.15, 0.2) is 54.9 Å². The molecule has 1 N–H and O–H groups in total. The monoisotopic (exact) mass is 377 g/mol. The van der Waals surface area contributed by atoms with Gasteiger partial charge in [-0.25, -0.2) is 0 Å². The molecule has 0 radical (unpaired) electrons. The molecular formula is C23H27N3O2. The van der Waals surface area contributed by atoms with Gasteiger partial charge in [-0.1, -0.05) is 36.4 Å². The van der Waals surface area contributed by atoms with Crippen LogP contribution in [0, 0.1) is 5.92 Å². The molecule has 3 fully saturated rings. The zero-order valence-corrected chi connectivity index (χ0v) is 16.1. The predicted octanol–water partition coefficient (Wildman–Crippen LogP) is 2.42. The number of aliphatic hydroxyl groups is 1. The number of hydrogen-bond acceptors (Lipinski definition) is 4. The summed E-state index contributed by atoms with van der Waals surface area (Å²) in [6.45, 7) is 2.59. The van der Waals surface area contributed by atoms with Gasteiger partial charge in [0, 0.05) is 44.4 Å². The number of benzene rings is 1. The van der Waals surface area contributed by atoms with E-state index in [4.69, 9.17) is 0 Å². The van der Waals surface area contributed by atoms with E-state index in [1.807, 2.05) is 23.2 Å². The lowest BCUT2D eigenvalue weighted by molar-refractivity contribution is -0.202. The molecule has 1 aliphatic carbocycles. The van der Waals surface area contributed by atoms with Crippen LogP contribution in [0.3, 0.4) is 0 Å². The van der Waals surface area contributed by atoms with Gasteiger partial charge in [-0.15, -0.1) is 0 Å². The van der Waals surface area contributed by atoms with Crippen molar-refractivity contribution in [3.8, 4) is 0 Å². The molecule has 2 atom stereocenters. The first-order chi connectivity index (χ1) is 13.7. The lowest BCUT2D eigenvalue weighted by Gasteiger charge is -2.70. The Kier molecular flexibility index (Phi) is 4.44. The molecule has 5 nitrogen and oxygen atoms in total. The highest BCUT2D eigenvalue weighted by Crippen LogP contribution is 2.54. The Morgan fingerprint density at radius 1 is 1.14 bits per heavy atom. The van der Waals surface area contributed by atoms with Gasteiger partial charge in [0.15, 0.2) is 0 Å². The first-order valence-electron chi connectivity index (χ1n) is 10.3. The second-order valence-electron chi connectivity index (χ2n) is 8.66. The maximum Gasteiger partial charge on any atom is 0.223 e. The van der Waals surface area contributed by atoms with Crippen LogP contribution < -0.4 is 0 Å². The van der Waals surface area contributed by atoms with Crippen LogP contribution in [-0.4, -0.2) is 57.1 Å². The van der Waals surface area contributed by atoms with E-state index < -0.39 is 0 Å². The maximum absolute atomic E-state index is 13.1. The Balaban J connectivity index is 1.38. The number of rotatable bonds is 6. The highest BCUT2D eigenvalue weighted by atomic mass is 16.3. The molecule has 1 aromatic carbocycles. The Bertz CT molecular complexity index is 831. The second kappa shape index (κ2) is 6.98. The predicted molar refractivity (Wildman–Crippen MR) is 106 cm³/mol. The fourth-order valence-electron chi connectivity index (χ4n) is 5.32. The third kappa shape index (κ3) is 2.93. The summed E-state index contributed by atoms with van der Waals surface area (Å²) < 4.78 is 0. The van der Waals surface area contributed by atoms with E-state index in [0.29, 0.717) is 12.3 Å². The average molecular weight is 377 g/mol. The molecular weight excluding hydrogens is 350 g/mol. The molecule has 1 saturated carbocycles. The molecule has 2 aliphatic heterocycles. The summed E-state index contributed by atoms with van der Waals surface area (Å²) in [6, 6.07) is 14.4. The summed E-state index contributed by atoms with van der Waals surface area (Å²) in [5.74, 6) is 0.994. The smallest absolute Gasteiger partial charge is 0.223 e. The number of carbonyl (C=O) groups excluding carboxylic acids is 1. The van der Waals surface area contributed by atoms with E-state index in [0.717, 1.165) is 19.6 Å². The van der Waals surface area contributed by atoms with Crippen molar-refractivity contribution in [1.29, 1.82) is 0 Å². The number of carbonyl (C=O) groups is 1. The summed E-state index contributed by atoms with van der Waals surface area (Å²) >= 11 is 0. The third-order valence-corrected chi connectivity index (χ3v) is 6.67. The molecule has 3 heterocycles. The molecule has 28 heavy (non-hydrogen) atoms. The largest absolute Gasteiger partial charge is 0.394 e. The molecule has 2 aromatic rings. The van der Waals surface area contributed by atoms with Gasteiger partial charge in [0.05, 0.1) is 18.2 Å². The molecule has 5 heteroatoms. The molecule has 3 aliphatic rings. The summed E-state index contributed by atoms with van der Waals surface area (Å²) in [5, 5.41) is 10.1. The quantitative estimate of drug-likeness (QED) is 0.840. The van der Waals surface area contributed by atoms with Crippen molar-refractivity contribution in [1.82, 2.24) is 14.8 Å². The van der Waals surface area contributed by atoms with Gasteiger partial charge in [0.1, 0.15) is 0 Å². The van der Waals surface area contributed by atoms with Crippen LogP contribution >= 0.6 is 0 Å². The van der Waals surface area contributed by atoms with Crippen molar-refractivity contribution in [3.63, 3.8) is 0 Å². The summed E-state index contributed by atoms with van der Waals surface area (Å²) in [6.07, 6.45) is 6.69. The Labute approximate surface area is 166 Å². The van der Waals surface area contributed by atoms with Crippen LogP contribution in [0.5, 0.6) is 0 Å². The number of pyridine rings is 1. The summed E-state index contributed by atoms with van der Waals surface area (Å²) in [4.78, 5) is 21.7. The molecule has 2 saturated heterocycles. The minimum atomic E-state index is -0.178. The molecule has 5 rings (SSSR count). The minimum Gasteiger partial charge on any atom is -0.394 e. The highest BCUT2D eigenvalue weighted by Gasteiger charge is 2.67.